The first-order chi connectivity index (χ1) is 14.9. The van der Waals surface area contributed by atoms with Crippen LogP contribution in [0.4, 0.5) is 11.4 Å². The molecule has 0 saturated carbocycles. The fraction of sp³-hybridized carbons (Fsp3) is 0.440. The number of hydrogen-bond donors (Lipinski definition) is 2. The molecule has 0 aliphatic heterocycles. The van der Waals surface area contributed by atoms with Gasteiger partial charge in [0.25, 0.3) is 5.91 Å². The van der Waals surface area contributed by atoms with E-state index in [0.29, 0.717) is 23.8 Å². The zero-order valence-electron chi connectivity index (χ0n) is 19.1. The fourth-order valence-electron chi connectivity index (χ4n) is 3.08. The Morgan fingerprint density at radius 2 is 1.65 bits per heavy atom. The molecule has 6 heteroatoms. The van der Waals surface area contributed by atoms with E-state index in [9.17, 15) is 9.59 Å². The molecule has 6 nitrogen and oxygen atoms in total. The van der Waals surface area contributed by atoms with E-state index in [1.165, 1.54) is 0 Å². The highest BCUT2D eigenvalue weighted by Crippen LogP contribution is 2.18. The van der Waals surface area contributed by atoms with Gasteiger partial charge in [-0.1, -0.05) is 33.8 Å². The molecule has 2 aromatic carbocycles. The van der Waals surface area contributed by atoms with Crippen LogP contribution in [-0.4, -0.2) is 43.0 Å². The van der Waals surface area contributed by atoms with Crippen LogP contribution in [0.25, 0.3) is 0 Å². The molecule has 0 heterocycles. The molecule has 2 amide bonds. The Labute approximate surface area is 186 Å². The molecule has 0 unspecified atom stereocenters. The summed E-state index contributed by atoms with van der Waals surface area (Å²) in [6.45, 7) is 10.6. The van der Waals surface area contributed by atoms with Crippen LogP contribution in [0, 0.1) is 5.92 Å². The Balaban J connectivity index is 1.87. The summed E-state index contributed by atoms with van der Waals surface area (Å²) in [5.74, 6) is 1.07. The molecule has 0 aliphatic carbocycles. The lowest BCUT2D eigenvalue weighted by Gasteiger charge is -2.21. The van der Waals surface area contributed by atoms with Gasteiger partial charge in [-0.15, -0.1) is 0 Å². The van der Waals surface area contributed by atoms with Gasteiger partial charge in [0.05, 0.1) is 13.2 Å². The molecule has 0 atom stereocenters. The van der Waals surface area contributed by atoms with Gasteiger partial charge in [0, 0.05) is 36.1 Å². The largest absolute Gasteiger partial charge is 0.493 e. The van der Waals surface area contributed by atoms with E-state index in [0.717, 1.165) is 37.4 Å². The lowest BCUT2D eigenvalue weighted by molar-refractivity contribution is -0.114. The Bertz CT molecular complexity index is 828. The molecule has 0 aromatic heterocycles. The lowest BCUT2D eigenvalue weighted by Crippen LogP contribution is -2.32. The van der Waals surface area contributed by atoms with E-state index >= 15 is 0 Å². The molecule has 2 rings (SSSR count). The minimum Gasteiger partial charge on any atom is -0.493 e. The van der Waals surface area contributed by atoms with Crippen LogP contribution in [0.5, 0.6) is 5.75 Å². The topological polar surface area (TPSA) is 70.7 Å². The number of carbonyl (C=O) groups excluding carboxylic acids is 2. The van der Waals surface area contributed by atoms with Gasteiger partial charge in [0.1, 0.15) is 5.75 Å². The number of carbonyl (C=O) groups is 2. The third-order valence-corrected chi connectivity index (χ3v) is 4.56. The van der Waals surface area contributed by atoms with Crippen molar-refractivity contribution in [3.63, 3.8) is 0 Å². The number of ether oxygens (including phenoxy) is 1. The van der Waals surface area contributed by atoms with Crippen LogP contribution in [0.1, 0.15) is 50.9 Å². The summed E-state index contributed by atoms with van der Waals surface area (Å²) in [6.07, 6.45) is 1.88. The van der Waals surface area contributed by atoms with Crippen molar-refractivity contribution >= 4 is 23.2 Å². The number of amides is 2. The third-order valence-electron chi connectivity index (χ3n) is 4.56. The van der Waals surface area contributed by atoms with Crippen molar-refractivity contribution in [1.29, 1.82) is 0 Å². The molecule has 0 bridgehead atoms. The first-order valence-electron chi connectivity index (χ1n) is 11.1. The van der Waals surface area contributed by atoms with Crippen LogP contribution < -0.4 is 15.4 Å². The number of anilines is 2. The standard InChI is InChI=1S/C25H35N3O3/c1-5-14-28(15-6-2)25(30)20-10-12-21(13-11-20)26-17-24(29)27-22-8-7-9-23(16-22)31-18-19(3)4/h7-13,16,19,26H,5-6,14-15,17-18H2,1-4H3,(H,27,29). The average Bonchev–Trinajstić information content (AvgIpc) is 2.76. The second-order valence-corrected chi connectivity index (χ2v) is 8.00. The van der Waals surface area contributed by atoms with Crippen molar-refractivity contribution in [2.24, 2.45) is 5.92 Å². The molecular formula is C25H35N3O3. The highest BCUT2D eigenvalue weighted by Gasteiger charge is 2.14. The van der Waals surface area contributed by atoms with Crippen molar-refractivity contribution in [2.45, 2.75) is 40.5 Å². The summed E-state index contributed by atoms with van der Waals surface area (Å²) in [7, 11) is 0. The fourth-order valence-corrected chi connectivity index (χ4v) is 3.08. The predicted molar refractivity (Wildman–Crippen MR) is 127 cm³/mol. The third kappa shape index (κ3) is 8.32. The number of nitrogens with one attached hydrogen (secondary N) is 2. The van der Waals surface area contributed by atoms with Gasteiger partial charge in [0.15, 0.2) is 0 Å². The Hall–Kier alpha value is -3.02. The van der Waals surface area contributed by atoms with E-state index in [1.807, 2.05) is 41.3 Å². The van der Waals surface area contributed by atoms with Gasteiger partial charge >= 0.3 is 0 Å². The van der Waals surface area contributed by atoms with Gasteiger partial charge in [-0.05, 0) is 55.2 Å². The molecule has 0 fully saturated rings. The van der Waals surface area contributed by atoms with E-state index in [4.69, 9.17) is 4.74 Å². The normalized spacial score (nSPS) is 10.6. The maximum absolute atomic E-state index is 12.6. The number of rotatable bonds is 12. The second kappa shape index (κ2) is 12.6. The SMILES string of the molecule is CCCN(CCC)C(=O)c1ccc(NCC(=O)Nc2cccc(OCC(C)C)c2)cc1. The molecule has 0 saturated heterocycles. The van der Waals surface area contributed by atoms with Crippen LogP contribution in [0.3, 0.4) is 0 Å². The van der Waals surface area contributed by atoms with E-state index in [-0.39, 0.29) is 18.4 Å². The second-order valence-electron chi connectivity index (χ2n) is 8.00. The lowest BCUT2D eigenvalue weighted by atomic mass is 10.1. The number of benzene rings is 2. The van der Waals surface area contributed by atoms with Crippen LogP contribution in [0.15, 0.2) is 48.5 Å². The summed E-state index contributed by atoms with van der Waals surface area (Å²) in [4.78, 5) is 26.8. The molecular weight excluding hydrogens is 390 g/mol. The minimum absolute atomic E-state index is 0.0487. The van der Waals surface area contributed by atoms with E-state index < -0.39 is 0 Å². The van der Waals surface area contributed by atoms with Crippen molar-refractivity contribution in [2.75, 3.05) is 36.9 Å². The number of nitrogens with zero attached hydrogens (tertiary/aromatic N) is 1. The molecule has 0 radical (unpaired) electrons. The highest BCUT2D eigenvalue weighted by atomic mass is 16.5. The highest BCUT2D eigenvalue weighted by molar-refractivity contribution is 5.95. The van der Waals surface area contributed by atoms with Gasteiger partial charge in [-0.3, -0.25) is 9.59 Å². The molecule has 168 valence electrons. The van der Waals surface area contributed by atoms with Gasteiger partial charge in [-0.25, -0.2) is 0 Å². The Morgan fingerprint density at radius 3 is 2.26 bits per heavy atom. The molecule has 0 spiro atoms. The Kier molecular flexibility index (Phi) is 9.88. The van der Waals surface area contributed by atoms with Crippen molar-refractivity contribution in [1.82, 2.24) is 4.90 Å². The zero-order valence-corrected chi connectivity index (χ0v) is 19.1. The monoisotopic (exact) mass is 425 g/mol. The summed E-state index contributed by atoms with van der Waals surface area (Å²) in [5.41, 5.74) is 2.15. The maximum Gasteiger partial charge on any atom is 0.253 e. The van der Waals surface area contributed by atoms with Crippen molar-refractivity contribution < 1.29 is 14.3 Å². The predicted octanol–water partition coefficient (Wildman–Crippen LogP) is 5.03. The van der Waals surface area contributed by atoms with Gasteiger partial charge in [0.2, 0.25) is 5.91 Å². The van der Waals surface area contributed by atoms with E-state index in [1.54, 1.807) is 12.1 Å². The summed E-state index contributed by atoms with van der Waals surface area (Å²) in [5, 5.41) is 5.97. The van der Waals surface area contributed by atoms with Crippen molar-refractivity contribution in [3.8, 4) is 5.75 Å². The van der Waals surface area contributed by atoms with Crippen LogP contribution in [0.2, 0.25) is 0 Å². The van der Waals surface area contributed by atoms with E-state index in [2.05, 4.69) is 38.3 Å². The van der Waals surface area contributed by atoms with Crippen LogP contribution in [-0.2, 0) is 4.79 Å². The maximum atomic E-state index is 12.6. The zero-order chi connectivity index (χ0) is 22.6. The molecule has 0 aliphatic rings. The number of hydrogen-bond acceptors (Lipinski definition) is 4. The molecule has 31 heavy (non-hydrogen) atoms. The first kappa shape index (κ1) is 24.3. The first-order valence-corrected chi connectivity index (χ1v) is 11.1. The van der Waals surface area contributed by atoms with Gasteiger partial charge < -0.3 is 20.3 Å². The average molecular weight is 426 g/mol. The quantitative estimate of drug-likeness (QED) is 0.500. The smallest absolute Gasteiger partial charge is 0.253 e. The van der Waals surface area contributed by atoms with Gasteiger partial charge in [-0.2, -0.15) is 0 Å². The Morgan fingerprint density at radius 1 is 0.968 bits per heavy atom. The minimum atomic E-state index is -0.154. The summed E-state index contributed by atoms with van der Waals surface area (Å²) < 4.78 is 5.70. The van der Waals surface area contributed by atoms with Crippen molar-refractivity contribution in [3.05, 3.63) is 54.1 Å². The molecule has 2 aromatic rings. The summed E-state index contributed by atoms with van der Waals surface area (Å²) >= 11 is 0. The summed E-state index contributed by atoms with van der Waals surface area (Å²) in [6, 6.07) is 14.6. The van der Waals surface area contributed by atoms with Crippen LogP contribution >= 0.6 is 0 Å². The molecule has 2 N–H and O–H groups in total.